The first kappa shape index (κ1) is 42.9. The lowest BCUT2D eigenvalue weighted by Gasteiger charge is -2.11. The molecule has 2 unspecified atom stereocenters. The molecule has 12 nitrogen and oxygen atoms in total. The van der Waals surface area contributed by atoms with Gasteiger partial charge in [0.05, 0.1) is 74.1 Å². The average Bonchev–Trinajstić information content (AvgIpc) is 4.21. The van der Waals surface area contributed by atoms with Crippen molar-refractivity contribution in [3.63, 3.8) is 0 Å². The van der Waals surface area contributed by atoms with Gasteiger partial charge in [0.2, 0.25) is 0 Å². The van der Waals surface area contributed by atoms with Crippen molar-refractivity contribution < 1.29 is 57.1 Å². The molecule has 0 aliphatic carbocycles. The summed E-state index contributed by atoms with van der Waals surface area (Å²) in [6.07, 6.45) is 6.10. The minimum absolute atomic E-state index is 0.180. The number of esters is 4. The molecule has 2 fully saturated rings. The number of rotatable bonds is 22. The Kier molecular flexibility index (Phi) is 17.1. The summed E-state index contributed by atoms with van der Waals surface area (Å²) in [7, 11) is 0. The van der Waals surface area contributed by atoms with E-state index in [2.05, 4.69) is 13.2 Å². The molecule has 2 aliphatic rings. The Morgan fingerprint density at radius 1 is 0.517 bits per heavy atom. The molecule has 2 saturated heterocycles. The van der Waals surface area contributed by atoms with Crippen molar-refractivity contribution in [3.8, 4) is 11.5 Å². The molecule has 58 heavy (non-hydrogen) atoms. The Labute approximate surface area is 338 Å². The fourth-order valence-electron chi connectivity index (χ4n) is 5.16. The quantitative estimate of drug-likeness (QED) is 0.0251. The molecule has 2 atom stereocenters. The summed E-state index contributed by atoms with van der Waals surface area (Å²) < 4.78 is 42.8. The van der Waals surface area contributed by atoms with Crippen molar-refractivity contribution in [2.75, 3.05) is 39.6 Å². The lowest BCUT2D eigenvalue weighted by molar-refractivity contribution is 0.0479. The van der Waals surface area contributed by atoms with Crippen LogP contribution in [0.2, 0.25) is 0 Å². The lowest BCUT2D eigenvalue weighted by atomic mass is 10.1. The second-order valence-corrected chi connectivity index (χ2v) is 13.2. The van der Waals surface area contributed by atoms with Crippen LogP contribution < -0.4 is 9.47 Å². The summed E-state index contributed by atoms with van der Waals surface area (Å²) in [5, 5.41) is 0. The first-order chi connectivity index (χ1) is 28.3. The molecule has 0 spiro atoms. The van der Waals surface area contributed by atoms with Gasteiger partial charge in [-0.25, -0.2) is 19.2 Å². The highest BCUT2D eigenvalue weighted by Crippen LogP contribution is 2.23. The van der Waals surface area contributed by atoms with Gasteiger partial charge in [-0.3, -0.25) is 0 Å². The molecular formula is C46H48O12. The van der Waals surface area contributed by atoms with Gasteiger partial charge in [-0.1, -0.05) is 72.8 Å². The van der Waals surface area contributed by atoms with E-state index in [-0.39, 0.29) is 60.9 Å². The predicted octanol–water partition coefficient (Wildman–Crippen LogP) is 7.89. The van der Waals surface area contributed by atoms with E-state index in [1.165, 1.54) is 12.1 Å². The third-order valence-electron chi connectivity index (χ3n) is 8.51. The van der Waals surface area contributed by atoms with Gasteiger partial charge in [0, 0.05) is 12.8 Å². The fraction of sp³-hybridized carbons (Fsp3) is 0.304. The zero-order chi connectivity index (χ0) is 41.0. The van der Waals surface area contributed by atoms with Crippen LogP contribution in [0.1, 0.15) is 78.2 Å². The lowest BCUT2D eigenvalue weighted by Crippen LogP contribution is -2.12. The number of carbonyl (C=O) groups is 4. The molecule has 6 rings (SSSR count). The van der Waals surface area contributed by atoms with E-state index in [1.807, 2.05) is 60.7 Å². The van der Waals surface area contributed by atoms with Gasteiger partial charge in [0.25, 0.3) is 0 Å². The van der Waals surface area contributed by atoms with Crippen LogP contribution in [0.25, 0.3) is 0 Å². The van der Waals surface area contributed by atoms with Crippen LogP contribution in [-0.2, 0) is 41.6 Å². The number of hydrogen-bond donors (Lipinski definition) is 0. The highest BCUT2D eigenvalue weighted by molar-refractivity contribution is 5.97. The Balaban J connectivity index is 0.000000222. The van der Waals surface area contributed by atoms with E-state index >= 15 is 0 Å². The number of carbonyl (C=O) groups excluding carboxylic acids is 4. The molecule has 304 valence electrons. The maximum atomic E-state index is 12.5. The van der Waals surface area contributed by atoms with E-state index in [4.69, 9.17) is 37.9 Å². The maximum absolute atomic E-state index is 12.5. The summed E-state index contributed by atoms with van der Waals surface area (Å²) in [5.74, 6) is -1.31. The minimum atomic E-state index is -0.535. The summed E-state index contributed by atoms with van der Waals surface area (Å²) in [6.45, 7) is 10.2. The van der Waals surface area contributed by atoms with Gasteiger partial charge in [-0.15, -0.1) is 13.2 Å². The molecule has 4 aromatic carbocycles. The SMILES string of the molecule is C=CCCOC(=O)c1cc(OCc2ccccc2)cc(C(=O)OCCC=C)c1.O=C(OCCC1CO1)c1cc(OCc2ccccc2)cc(C(=O)OCCC2CO2)c1. The fourth-order valence-corrected chi connectivity index (χ4v) is 5.16. The van der Waals surface area contributed by atoms with Gasteiger partial charge in [0.1, 0.15) is 24.7 Å². The molecule has 0 amide bonds. The monoisotopic (exact) mass is 792 g/mol. The summed E-state index contributed by atoms with van der Waals surface area (Å²) in [4.78, 5) is 49.6. The van der Waals surface area contributed by atoms with E-state index in [0.29, 0.717) is 63.6 Å². The molecule has 2 aliphatic heterocycles. The van der Waals surface area contributed by atoms with Gasteiger partial charge in [-0.2, -0.15) is 0 Å². The van der Waals surface area contributed by atoms with Gasteiger partial charge in [-0.05, 0) is 60.4 Å². The second kappa shape index (κ2) is 23.1. The standard InChI is InChI=1S/C23H24O7.C23H24O5/c24-22(26-8-6-19-14-29-19)17-10-18(23(25)27-9-7-20-15-30-20)12-21(11-17)28-13-16-4-2-1-3-5-16;1-3-5-12-26-22(24)19-14-20(23(25)27-13-6-4-2)16-21(15-19)28-17-18-10-8-7-9-11-18/h1-5,10-12,19-20H,6-9,13-15H2;3-4,7-11,14-16H,1-2,5-6,12-13,17H2. The molecule has 0 radical (unpaired) electrons. The van der Waals surface area contributed by atoms with Crippen LogP contribution in [0.4, 0.5) is 0 Å². The van der Waals surface area contributed by atoms with Crippen LogP contribution in [0.5, 0.6) is 11.5 Å². The molecule has 12 heteroatoms. The molecule has 2 heterocycles. The molecule has 0 aromatic heterocycles. The van der Waals surface area contributed by atoms with Crippen LogP contribution in [0.15, 0.2) is 122 Å². The number of benzene rings is 4. The van der Waals surface area contributed by atoms with Crippen molar-refractivity contribution in [3.05, 3.63) is 156 Å². The average molecular weight is 793 g/mol. The largest absolute Gasteiger partial charge is 0.489 e. The van der Waals surface area contributed by atoms with E-state index in [9.17, 15) is 19.2 Å². The van der Waals surface area contributed by atoms with Gasteiger partial charge in [0.15, 0.2) is 0 Å². The Hall–Kier alpha value is -6.24. The van der Waals surface area contributed by atoms with Gasteiger partial charge >= 0.3 is 23.9 Å². The van der Waals surface area contributed by atoms with Crippen molar-refractivity contribution in [1.29, 1.82) is 0 Å². The number of epoxide rings is 2. The molecule has 0 saturated carbocycles. The van der Waals surface area contributed by atoms with Crippen molar-refractivity contribution in [1.82, 2.24) is 0 Å². The number of ether oxygens (including phenoxy) is 8. The second-order valence-electron chi connectivity index (χ2n) is 13.2. The highest BCUT2D eigenvalue weighted by Gasteiger charge is 2.24. The molecule has 0 N–H and O–H groups in total. The zero-order valence-corrected chi connectivity index (χ0v) is 32.3. The predicted molar refractivity (Wildman–Crippen MR) is 214 cm³/mol. The highest BCUT2D eigenvalue weighted by atomic mass is 16.6. The van der Waals surface area contributed by atoms with Crippen molar-refractivity contribution in [2.24, 2.45) is 0 Å². The third kappa shape index (κ3) is 15.4. The maximum Gasteiger partial charge on any atom is 0.338 e. The number of hydrogen-bond acceptors (Lipinski definition) is 12. The van der Waals surface area contributed by atoms with Crippen LogP contribution in [0, 0.1) is 0 Å². The molecule has 0 bridgehead atoms. The zero-order valence-electron chi connectivity index (χ0n) is 32.3. The normalized spacial score (nSPS) is 14.7. The summed E-state index contributed by atoms with van der Waals surface area (Å²) >= 11 is 0. The summed E-state index contributed by atoms with van der Waals surface area (Å²) in [5.41, 5.74) is 2.89. The Morgan fingerprint density at radius 3 is 1.16 bits per heavy atom. The first-order valence-electron chi connectivity index (χ1n) is 19.1. The van der Waals surface area contributed by atoms with Crippen LogP contribution in [-0.4, -0.2) is 75.7 Å². The Morgan fingerprint density at radius 2 is 0.845 bits per heavy atom. The van der Waals surface area contributed by atoms with Crippen LogP contribution >= 0.6 is 0 Å². The van der Waals surface area contributed by atoms with Crippen molar-refractivity contribution >= 4 is 23.9 Å². The van der Waals surface area contributed by atoms with Gasteiger partial charge < -0.3 is 37.9 Å². The van der Waals surface area contributed by atoms with E-state index in [0.717, 1.165) is 11.1 Å². The topological polar surface area (TPSA) is 149 Å². The molecule has 4 aromatic rings. The minimum Gasteiger partial charge on any atom is -0.489 e. The third-order valence-corrected chi connectivity index (χ3v) is 8.51. The smallest absolute Gasteiger partial charge is 0.338 e. The van der Waals surface area contributed by atoms with E-state index in [1.54, 1.807) is 36.4 Å². The van der Waals surface area contributed by atoms with Crippen molar-refractivity contribution in [2.45, 2.75) is 51.1 Å². The Bertz CT molecular complexity index is 1880. The first-order valence-corrected chi connectivity index (χ1v) is 19.1. The van der Waals surface area contributed by atoms with E-state index < -0.39 is 23.9 Å². The summed E-state index contributed by atoms with van der Waals surface area (Å²) in [6, 6.07) is 28.4. The van der Waals surface area contributed by atoms with Crippen LogP contribution in [0.3, 0.4) is 0 Å². The molecular weight excluding hydrogens is 744 g/mol.